The highest BCUT2D eigenvalue weighted by molar-refractivity contribution is 5.78. The maximum absolute atomic E-state index is 11.9. The number of carbonyl (C=O) groups excluding carboxylic acids is 1. The summed E-state index contributed by atoms with van der Waals surface area (Å²) >= 11 is 0. The highest BCUT2D eigenvalue weighted by Crippen LogP contribution is 2.17. The van der Waals surface area contributed by atoms with Gasteiger partial charge in [0, 0.05) is 12.6 Å². The van der Waals surface area contributed by atoms with Gasteiger partial charge in [-0.1, -0.05) is 45.0 Å². The number of carbonyl (C=O) groups is 1. The van der Waals surface area contributed by atoms with Gasteiger partial charge in [-0.25, -0.2) is 0 Å². The molecule has 0 radical (unpaired) electrons. The maximum Gasteiger partial charge on any atom is 0.236 e. The third-order valence-electron chi connectivity index (χ3n) is 3.62. The monoisotopic (exact) mass is 262 g/mol. The van der Waals surface area contributed by atoms with Gasteiger partial charge in [-0.3, -0.25) is 4.79 Å². The Labute approximate surface area is 116 Å². The lowest BCUT2D eigenvalue weighted by atomic mass is 10.0. The van der Waals surface area contributed by atoms with E-state index in [9.17, 15) is 4.79 Å². The van der Waals surface area contributed by atoms with Crippen molar-refractivity contribution >= 4 is 5.91 Å². The van der Waals surface area contributed by atoms with E-state index in [1.807, 2.05) is 4.90 Å². The number of benzene rings is 1. The predicted octanol–water partition coefficient (Wildman–Crippen LogP) is 2.90. The van der Waals surface area contributed by atoms with Crippen molar-refractivity contribution in [3.63, 3.8) is 0 Å². The molecule has 0 aliphatic heterocycles. The van der Waals surface area contributed by atoms with E-state index in [2.05, 4.69) is 52.0 Å². The minimum atomic E-state index is 0.0160. The van der Waals surface area contributed by atoms with Crippen LogP contribution in [0.3, 0.4) is 0 Å². The summed E-state index contributed by atoms with van der Waals surface area (Å²) in [5.74, 6) is 0.549. The predicted molar refractivity (Wildman–Crippen MR) is 79.9 cm³/mol. The Balaban J connectivity index is 2.81. The fraction of sp³-hybridized carbons (Fsp3) is 0.562. The molecule has 19 heavy (non-hydrogen) atoms. The molecule has 0 spiro atoms. The zero-order valence-corrected chi connectivity index (χ0v) is 12.5. The first kappa shape index (κ1) is 15.7. The van der Waals surface area contributed by atoms with Gasteiger partial charge in [0.2, 0.25) is 5.91 Å². The topological polar surface area (TPSA) is 46.3 Å². The zero-order chi connectivity index (χ0) is 14.4. The van der Waals surface area contributed by atoms with Crippen LogP contribution in [0.25, 0.3) is 0 Å². The van der Waals surface area contributed by atoms with Crippen molar-refractivity contribution in [3.05, 3.63) is 35.4 Å². The second-order valence-electron chi connectivity index (χ2n) is 5.38. The van der Waals surface area contributed by atoms with E-state index >= 15 is 0 Å². The van der Waals surface area contributed by atoms with Crippen LogP contribution >= 0.6 is 0 Å². The summed E-state index contributed by atoms with van der Waals surface area (Å²) in [7, 11) is 0. The van der Waals surface area contributed by atoms with Crippen molar-refractivity contribution in [2.45, 2.75) is 52.6 Å². The summed E-state index contributed by atoms with van der Waals surface area (Å²) in [4.78, 5) is 13.8. The molecular weight excluding hydrogens is 236 g/mol. The number of rotatable bonds is 6. The minimum Gasteiger partial charge on any atom is -0.335 e. The van der Waals surface area contributed by atoms with Crippen LogP contribution in [0.1, 0.15) is 51.2 Å². The number of nitrogens with zero attached hydrogens (tertiary/aromatic N) is 1. The number of amides is 1. The lowest BCUT2D eigenvalue weighted by Crippen LogP contribution is -2.41. The molecule has 2 N–H and O–H groups in total. The van der Waals surface area contributed by atoms with Crippen molar-refractivity contribution in [2.75, 3.05) is 6.54 Å². The molecule has 1 rings (SSSR count). The van der Waals surface area contributed by atoms with E-state index in [1.54, 1.807) is 0 Å². The molecule has 0 aliphatic carbocycles. The number of hydrogen-bond donors (Lipinski definition) is 1. The Hall–Kier alpha value is -1.35. The van der Waals surface area contributed by atoms with Gasteiger partial charge in [0.1, 0.15) is 0 Å². The van der Waals surface area contributed by atoms with Gasteiger partial charge < -0.3 is 10.6 Å². The molecule has 0 saturated heterocycles. The van der Waals surface area contributed by atoms with Crippen LogP contribution < -0.4 is 5.73 Å². The molecule has 106 valence electrons. The molecule has 1 aromatic rings. The SMILES string of the molecule is CCC(C)N(Cc1ccc(C(C)C)cc1)C(=O)CN. The summed E-state index contributed by atoms with van der Waals surface area (Å²) in [6.07, 6.45) is 0.940. The Morgan fingerprint density at radius 1 is 1.21 bits per heavy atom. The van der Waals surface area contributed by atoms with Crippen LogP contribution in [-0.2, 0) is 11.3 Å². The van der Waals surface area contributed by atoms with Gasteiger partial charge in [-0.2, -0.15) is 0 Å². The quantitative estimate of drug-likeness (QED) is 0.857. The van der Waals surface area contributed by atoms with E-state index in [1.165, 1.54) is 5.56 Å². The van der Waals surface area contributed by atoms with E-state index in [0.29, 0.717) is 12.5 Å². The van der Waals surface area contributed by atoms with E-state index < -0.39 is 0 Å². The van der Waals surface area contributed by atoms with Crippen molar-refractivity contribution < 1.29 is 4.79 Å². The summed E-state index contributed by atoms with van der Waals surface area (Å²) in [6, 6.07) is 8.72. The molecule has 3 heteroatoms. The fourth-order valence-corrected chi connectivity index (χ4v) is 2.03. The Bertz CT molecular complexity index is 398. The van der Waals surface area contributed by atoms with Crippen LogP contribution in [0.15, 0.2) is 24.3 Å². The molecule has 1 unspecified atom stereocenters. The van der Waals surface area contributed by atoms with Crippen LogP contribution in [0.4, 0.5) is 0 Å². The van der Waals surface area contributed by atoms with Crippen LogP contribution in [0.2, 0.25) is 0 Å². The number of hydrogen-bond acceptors (Lipinski definition) is 2. The molecule has 1 atom stereocenters. The van der Waals surface area contributed by atoms with Gasteiger partial charge in [-0.15, -0.1) is 0 Å². The zero-order valence-electron chi connectivity index (χ0n) is 12.5. The second kappa shape index (κ2) is 7.29. The largest absolute Gasteiger partial charge is 0.335 e. The Morgan fingerprint density at radius 2 is 1.79 bits per heavy atom. The van der Waals surface area contributed by atoms with Gasteiger partial charge in [0.05, 0.1) is 6.54 Å². The molecule has 1 amide bonds. The van der Waals surface area contributed by atoms with Crippen LogP contribution in [0.5, 0.6) is 0 Å². The van der Waals surface area contributed by atoms with Crippen molar-refractivity contribution in [1.82, 2.24) is 4.90 Å². The van der Waals surface area contributed by atoms with Gasteiger partial charge in [0.15, 0.2) is 0 Å². The number of nitrogens with two attached hydrogens (primary N) is 1. The summed E-state index contributed by atoms with van der Waals surface area (Å²) in [5.41, 5.74) is 7.97. The first-order valence-electron chi connectivity index (χ1n) is 7.07. The standard InChI is InChI=1S/C16H26N2O/c1-5-13(4)18(16(19)10-17)11-14-6-8-15(9-7-14)12(2)3/h6-9,12-13H,5,10-11,17H2,1-4H3. The maximum atomic E-state index is 11.9. The highest BCUT2D eigenvalue weighted by atomic mass is 16.2. The van der Waals surface area contributed by atoms with Gasteiger partial charge in [-0.05, 0) is 30.4 Å². The highest BCUT2D eigenvalue weighted by Gasteiger charge is 2.17. The lowest BCUT2D eigenvalue weighted by Gasteiger charge is -2.28. The first-order valence-corrected chi connectivity index (χ1v) is 7.07. The van der Waals surface area contributed by atoms with Crippen LogP contribution in [-0.4, -0.2) is 23.4 Å². The van der Waals surface area contributed by atoms with E-state index in [-0.39, 0.29) is 18.5 Å². The molecule has 0 heterocycles. The smallest absolute Gasteiger partial charge is 0.236 e. The van der Waals surface area contributed by atoms with E-state index in [4.69, 9.17) is 5.73 Å². The molecule has 0 bridgehead atoms. The second-order valence-corrected chi connectivity index (χ2v) is 5.38. The first-order chi connectivity index (χ1) is 8.99. The van der Waals surface area contributed by atoms with Crippen molar-refractivity contribution in [1.29, 1.82) is 0 Å². The van der Waals surface area contributed by atoms with Crippen LogP contribution in [0, 0.1) is 0 Å². The molecule has 0 aliphatic rings. The third kappa shape index (κ3) is 4.35. The fourth-order valence-electron chi connectivity index (χ4n) is 2.03. The minimum absolute atomic E-state index is 0.0160. The molecule has 1 aromatic carbocycles. The average molecular weight is 262 g/mol. The summed E-state index contributed by atoms with van der Waals surface area (Å²) < 4.78 is 0. The summed E-state index contributed by atoms with van der Waals surface area (Å²) in [6.45, 7) is 9.23. The third-order valence-corrected chi connectivity index (χ3v) is 3.62. The Kier molecular flexibility index (Phi) is 6.03. The Morgan fingerprint density at radius 3 is 2.21 bits per heavy atom. The lowest BCUT2D eigenvalue weighted by molar-refractivity contribution is -0.132. The molecule has 3 nitrogen and oxygen atoms in total. The molecular formula is C16H26N2O. The van der Waals surface area contributed by atoms with Gasteiger partial charge in [0.25, 0.3) is 0 Å². The van der Waals surface area contributed by atoms with Crippen molar-refractivity contribution in [3.8, 4) is 0 Å². The molecule has 0 aromatic heterocycles. The molecule has 0 saturated carbocycles. The normalized spacial score (nSPS) is 12.5. The van der Waals surface area contributed by atoms with Crippen molar-refractivity contribution in [2.24, 2.45) is 5.73 Å². The summed E-state index contributed by atoms with van der Waals surface area (Å²) in [5, 5.41) is 0. The van der Waals surface area contributed by atoms with Gasteiger partial charge >= 0.3 is 0 Å². The molecule has 0 fully saturated rings. The average Bonchev–Trinajstić information content (AvgIpc) is 2.43. The van der Waals surface area contributed by atoms with E-state index in [0.717, 1.165) is 12.0 Å².